The van der Waals surface area contributed by atoms with Crippen LogP contribution < -0.4 is 5.32 Å². The third kappa shape index (κ3) is 5.42. The van der Waals surface area contributed by atoms with E-state index >= 15 is 0 Å². The Hall–Kier alpha value is -1.21. The van der Waals surface area contributed by atoms with Crippen molar-refractivity contribution in [2.45, 2.75) is 32.0 Å². The molecule has 0 radical (unpaired) electrons. The van der Waals surface area contributed by atoms with Crippen LogP contribution in [0.15, 0.2) is 35.0 Å². The summed E-state index contributed by atoms with van der Waals surface area (Å²) >= 11 is 3.40. The Balaban J connectivity index is 1.52. The number of amides is 1. The molecule has 3 rings (SSSR count). The zero-order valence-electron chi connectivity index (χ0n) is 13.1. The van der Waals surface area contributed by atoms with E-state index in [4.69, 9.17) is 4.74 Å². The van der Waals surface area contributed by atoms with Crippen LogP contribution >= 0.6 is 22.7 Å². The van der Waals surface area contributed by atoms with Gasteiger partial charge in [0.05, 0.1) is 19.2 Å². The molecule has 1 N–H and O–H groups in total. The third-order valence-electron chi connectivity index (χ3n) is 3.85. The fourth-order valence-corrected chi connectivity index (χ4v) is 4.13. The molecule has 0 spiro atoms. The lowest BCUT2D eigenvalue weighted by Gasteiger charge is -2.24. The Morgan fingerprint density at radius 2 is 2.04 bits per heavy atom. The normalized spacial score (nSPS) is 17.7. The molecule has 3 heterocycles. The van der Waals surface area contributed by atoms with Crippen molar-refractivity contribution in [1.82, 2.24) is 10.2 Å². The second-order valence-corrected chi connectivity index (χ2v) is 7.80. The van der Waals surface area contributed by atoms with Gasteiger partial charge in [-0.3, -0.25) is 9.69 Å². The predicted octanol–water partition coefficient (Wildman–Crippen LogP) is 3.11. The van der Waals surface area contributed by atoms with Crippen LogP contribution in [-0.2, 0) is 22.6 Å². The summed E-state index contributed by atoms with van der Waals surface area (Å²) in [5.41, 5.74) is 0. The molecule has 1 aliphatic heterocycles. The second-order valence-electron chi connectivity index (χ2n) is 5.74. The lowest BCUT2D eigenvalue weighted by atomic mass is 10.2. The summed E-state index contributed by atoms with van der Waals surface area (Å²) in [6.45, 7) is 3.52. The van der Waals surface area contributed by atoms with Gasteiger partial charge in [-0.2, -0.15) is 0 Å². The van der Waals surface area contributed by atoms with Gasteiger partial charge in [-0.05, 0) is 35.7 Å². The topological polar surface area (TPSA) is 41.6 Å². The van der Waals surface area contributed by atoms with E-state index in [1.165, 1.54) is 9.75 Å². The van der Waals surface area contributed by atoms with E-state index in [2.05, 4.69) is 27.7 Å². The van der Waals surface area contributed by atoms with Gasteiger partial charge in [-0.15, -0.1) is 22.7 Å². The van der Waals surface area contributed by atoms with E-state index in [0.29, 0.717) is 13.1 Å². The number of hydrogen-bond donors (Lipinski definition) is 1. The Morgan fingerprint density at radius 3 is 2.70 bits per heavy atom. The highest BCUT2D eigenvalue weighted by Crippen LogP contribution is 2.17. The molecule has 1 atom stereocenters. The van der Waals surface area contributed by atoms with Gasteiger partial charge in [-0.25, -0.2) is 0 Å². The minimum absolute atomic E-state index is 0.0768. The molecule has 1 saturated heterocycles. The molecule has 124 valence electrons. The predicted molar refractivity (Wildman–Crippen MR) is 94.7 cm³/mol. The summed E-state index contributed by atoms with van der Waals surface area (Å²) in [6, 6.07) is 8.23. The quantitative estimate of drug-likeness (QED) is 0.795. The summed E-state index contributed by atoms with van der Waals surface area (Å²) in [4.78, 5) is 16.9. The Bertz CT molecular complexity index is 578. The number of carbonyl (C=O) groups excluding carboxylic acids is 1. The fourth-order valence-electron chi connectivity index (χ4n) is 2.74. The molecule has 1 unspecified atom stereocenters. The van der Waals surface area contributed by atoms with Crippen molar-refractivity contribution in [2.24, 2.45) is 0 Å². The van der Waals surface area contributed by atoms with Crippen molar-refractivity contribution >= 4 is 28.6 Å². The van der Waals surface area contributed by atoms with E-state index in [0.717, 1.165) is 32.5 Å². The molecule has 1 fully saturated rings. The molecular formula is C17H22N2O2S2. The molecule has 0 aliphatic carbocycles. The van der Waals surface area contributed by atoms with Crippen molar-refractivity contribution in [2.75, 3.05) is 19.7 Å². The minimum atomic E-state index is 0.0768. The van der Waals surface area contributed by atoms with Gasteiger partial charge in [0.25, 0.3) is 0 Å². The van der Waals surface area contributed by atoms with E-state index in [9.17, 15) is 4.79 Å². The van der Waals surface area contributed by atoms with Crippen molar-refractivity contribution in [1.29, 1.82) is 0 Å². The zero-order valence-corrected chi connectivity index (χ0v) is 14.7. The van der Waals surface area contributed by atoms with Crippen LogP contribution in [0.4, 0.5) is 0 Å². The number of ether oxygens (including phenoxy) is 1. The Morgan fingerprint density at radius 1 is 1.26 bits per heavy atom. The van der Waals surface area contributed by atoms with Crippen LogP contribution in [0.2, 0.25) is 0 Å². The summed E-state index contributed by atoms with van der Waals surface area (Å²) < 4.78 is 5.73. The maximum Gasteiger partial charge on any atom is 0.234 e. The van der Waals surface area contributed by atoms with E-state index in [-0.39, 0.29) is 12.0 Å². The Kier molecular flexibility index (Phi) is 6.21. The first-order valence-electron chi connectivity index (χ1n) is 7.95. The van der Waals surface area contributed by atoms with Gasteiger partial charge >= 0.3 is 0 Å². The van der Waals surface area contributed by atoms with E-state index in [1.807, 2.05) is 17.5 Å². The second kappa shape index (κ2) is 8.59. The summed E-state index contributed by atoms with van der Waals surface area (Å²) in [5.74, 6) is 0.0768. The maximum absolute atomic E-state index is 12.3. The summed E-state index contributed by atoms with van der Waals surface area (Å²) in [6.07, 6.45) is 2.49. The van der Waals surface area contributed by atoms with Crippen molar-refractivity contribution in [3.63, 3.8) is 0 Å². The van der Waals surface area contributed by atoms with Crippen LogP contribution in [0.25, 0.3) is 0 Å². The minimum Gasteiger partial charge on any atom is -0.377 e. The first-order chi connectivity index (χ1) is 11.3. The van der Waals surface area contributed by atoms with Crippen LogP contribution in [0.5, 0.6) is 0 Å². The van der Waals surface area contributed by atoms with E-state index < -0.39 is 0 Å². The van der Waals surface area contributed by atoms with Gasteiger partial charge in [0.15, 0.2) is 0 Å². The van der Waals surface area contributed by atoms with Gasteiger partial charge in [0, 0.05) is 29.5 Å². The van der Waals surface area contributed by atoms with Crippen molar-refractivity contribution in [3.05, 3.63) is 44.8 Å². The zero-order chi connectivity index (χ0) is 15.9. The highest BCUT2D eigenvalue weighted by atomic mass is 32.1. The average molecular weight is 351 g/mol. The number of thiophene rings is 2. The highest BCUT2D eigenvalue weighted by Gasteiger charge is 2.21. The average Bonchev–Trinajstić information content (AvgIpc) is 3.29. The molecule has 2 aromatic rings. The molecule has 1 aliphatic rings. The van der Waals surface area contributed by atoms with Gasteiger partial charge in [0.2, 0.25) is 5.91 Å². The van der Waals surface area contributed by atoms with Crippen LogP contribution in [0.1, 0.15) is 22.6 Å². The highest BCUT2D eigenvalue weighted by molar-refractivity contribution is 7.10. The fraction of sp³-hybridized carbons (Fsp3) is 0.471. The van der Waals surface area contributed by atoms with Gasteiger partial charge in [0.1, 0.15) is 0 Å². The van der Waals surface area contributed by atoms with Crippen LogP contribution in [0, 0.1) is 0 Å². The third-order valence-corrected chi connectivity index (χ3v) is 5.59. The van der Waals surface area contributed by atoms with Crippen LogP contribution in [-0.4, -0.2) is 36.6 Å². The maximum atomic E-state index is 12.3. The van der Waals surface area contributed by atoms with Crippen molar-refractivity contribution < 1.29 is 9.53 Å². The Labute approximate surface area is 145 Å². The molecule has 0 aromatic carbocycles. The van der Waals surface area contributed by atoms with E-state index in [1.54, 1.807) is 22.7 Å². The molecular weight excluding hydrogens is 328 g/mol. The lowest BCUT2D eigenvalue weighted by Crippen LogP contribution is -2.40. The molecule has 23 heavy (non-hydrogen) atoms. The molecule has 6 heteroatoms. The molecule has 0 saturated carbocycles. The largest absolute Gasteiger partial charge is 0.377 e. The summed E-state index contributed by atoms with van der Waals surface area (Å²) in [7, 11) is 0. The standard InChI is InChI=1S/C17H22N2O2S2/c20-17(18-10-15-5-2-8-22-15)13-19(11-14-4-1-7-21-14)12-16-6-3-9-23-16/h2-3,5-6,8-9,14H,1,4,7,10-13H2,(H,18,20). The molecule has 2 aromatic heterocycles. The number of hydrogen-bond acceptors (Lipinski definition) is 5. The summed E-state index contributed by atoms with van der Waals surface area (Å²) in [5, 5.41) is 7.12. The molecule has 1 amide bonds. The van der Waals surface area contributed by atoms with Crippen LogP contribution in [0.3, 0.4) is 0 Å². The first kappa shape index (κ1) is 16.6. The molecule has 0 bridgehead atoms. The van der Waals surface area contributed by atoms with Crippen molar-refractivity contribution in [3.8, 4) is 0 Å². The lowest BCUT2D eigenvalue weighted by molar-refractivity contribution is -0.122. The van der Waals surface area contributed by atoms with Gasteiger partial charge in [-0.1, -0.05) is 12.1 Å². The number of carbonyl (C=O) groups is 1. The first-order valence-corrected chi connectivity index (χ1v) is 9.71. The number of rotatable bonds is 8. The smallest absolute Gasteiger partial charge is 0.234 e. The monoisotopic (exact) mass is 350 g/mol. The molecule has 4 nitrogen and oxygen atoms in total. The number of nitrogens with one attached hydrogen (secondary N) is 1. The number of nitrogens with zero attached hydrogens (tertiary/aromatic N) is 1. The van der Waals surface area contributed by atoms with Gasteiger partial charge < -0.3 is 10.1 Å². The SMILES string of the molecule is O=C(CN(Cc1cccs1)CC1CCCO1)NCc1cccs1.